The van der Waals surface area contributed by atoms with Gasteiger partial charge in [-0.3, -0.25) is 14.4 Å². The molecule has 2 aliphatic heterocycles. The van der Waals surface area contributed by atoms with Crippen LogP contribution < -0.4 is 11.1 Å². The number of hydrogen-bond acceptors (Lipinski definition) is 4. The molecule has 0 N–H and O–H groups in total. The van der Waals surface area contributed by atoms with Crippen LogP contribution in [-0.2, 0) is 20.6 Å². The second kappa shape index (κ2) is 6.83. The number of carbonyl (C=O) groups excluding carboxylic acids is 1. The van der Waals surface area contributed by atoms with Crippen LogP contribution in [0, 0.1) is 5.92 Å². The Hall–Kier alpha value is -3.42. The van der Waals surface area contributed by atoms with Gasteiger partial charge in [0.25, 0.3) is 17.0 Å². The molecule has 2 aliphatic rings. The van der Waals surface area contributed by atoms with E-state index in [1.165, 1.54) is 4.57 Å². The van der Waals surface area contributed by atoms with Crippen molar-refractivity contribution in [1.29, 1.82) is 0 Å². The Kier molecular flexibility index (Phi) is 4.23. The molecule has 0 aliphatic carbocycles. The highest BCUT2D eigenvalue weighted by Crippen LogP contribution is 2.36. The van der Waals surface area contributed by atoms with E-state index in [2.05, 4.69) is 4.98 Å². The van der Waals surface area contributed by atoms with E-state index in [4.69, 9.17) is 0 Å². The van der Waals surface area contributed by atoms with Crippen LogP contribution in [-0.4, -0.2) is 42.6 Å². The maximum Gasteiger partial charge on any atom is 0.263 e. The molecule has 2 atom stereocenters. The number of aryl methyl sites for hydroxylation is 2. The van der Waals surface area contributed by atoms with Crippen molar-refractivity contribution in [3.63, 3.8) is 0 Å². The van der Waals surface area contributed by atoms with Gasteiger partial charge in [-0.25, -0.2) is 4.98 Å². The number of carbonyl (C=O) groups is 1. The molecule has 3 aromatic heterocycles. The lowest BCUT2D eigenvalue weighted by Gasteiger charge is -2.42. The minimum atomic E-state index is -0.283. The summed E-state index contributed by atoms with van der Waals surface area (Å²) in [7, 11) is 3.52. The van der Waals surface area contributed by atoms with Crippen LogP contribution in [0.1, 0.15) is 28.4 Å². The van der Waals surface area contributed by atoms with Crippen LogP contribution in [0.3, 0.4) is 0 Å². The van der Waals surface area contributed by atoms with Crippen LogP contribution in [0.4, 0.5) is 0 Å². The predicted octanol–water partition coefficient (Wildman–Crippen LogP) is 1.21. The number of aromatic nitrogens is 4. The van der Waals surface area contributed by atoms with E-state index < -0.39 is 0 Å². The van der Waals surface area contributed by atoms with Gasteiger partial charge in [0.15, 0.2) is 0 Å². The molecule has 0 spiro atoms. The highest BCUT2D eigenvalue weighted by atomic mass is 16.2. The van der Waals surface area contributed by atoms with Crippen LogP contribution in [0.2, 0.25) is 0 Å². The Balaban J connectivity index is 1.48. The fourth-order valence-electron chi connectivity index (χ4n) is 4.84. The Morgan fingerprint density at radius 3 is 2.60 bits per heavy atom. The van der Waals surface area contributed by atoms with Gasteiger partial charge in [0.05, 0.1) is 5.56 Å². The van der Waals surface area contributed by atoms with Crippen molar-refractivity contribution in [3.05, 3.63) is 74.8 Å². The first-order valence-electron chi connectivity index (χ1n) is 10.1. The molecule has 1 fully saturated rings. The fraction of sp³-hybridized carbons (Fsp3) is 0.364. The third-order valence-corrected chi connectivity index (χ3v) is 6.31. The molecule has 0 saturated carbocycles. The third kappa shape index (κ3) is 2.82. The Morgan fingerprint density at radius 1 is 1.00 bits per heavy atom. The summed E-state index contributed by atoms with van der Waals surface area (Å²) in [6, 6.07) is 7.13. The lowest BCUT2D eigenvalue weighted by atomic mass is 9.82. The summed E-state index contributed by atoms with van der Waals surface area (Å²) in [6.07, 6.45) is 6.10. The molecular weight excluding hydrogens is 382 g/mol. The lowest BCUT2D eigenvalue weighted by Crippen LogP contribution is -2.50. The molecule has 154 valence electrons. The van der Waals surface area contributed by atoms with Crippen molar-refractivity contribution in [1.82, 2.24) is 23.6 Å². The maximum absolute atomic E-state index is 13.2. The zero-order valence-corrected chi connectivity index (χ0v) is 17.0. The quantitative estimate of drug-likeness (QED) is 0.642. The van der Waals surface area contributed by atoms with E-state index in [-0.39, 0.29) is 34.4 Å². The van der Waals surface area contributed by atoms with Crippen molar-refractivity contribution in [3.8, 4) is 11.4 Å². The number of amides is 1. The summed E-state index contributed by atoms with van der Waals surface area (Å²) in [5.41, 5.74) is 1.42. The van der Waals surface area contributed by atoms with Gasteiger partial charge in [0, 0.05) is 63.9 Å². The van der Waals surface area contributed by atoms with Gasteiger partial charge in [0.2, 0.25) is 0 Å². The van der Waals surface area contributed by atoms with E-state index in [1.54, 1.807) is 36.5 Å². The van der Waals surface area contributed by atoms with Crippen molar-refractivity contribution >= 4 is 5.91 Å². The molecule has 1 amide bonds. The summed E-state index contributed by atoms with van der Waals surface area (Å²) in [5, 5.41) is 0. The SMILES string of the molecule is Cn1ccnc1-c1ccc2n(c1=O)C[C@H]1C[C@@H]2CN(C(=O)c2cccn(C)c2=O)C1. The van der Waals surface area contributed by atoms with E-state index in [1.807, 2.05) is 34.5 Å². The van der Waals surface area contributed by atoms with Crippen LogP contribution in [0.15, 0.2) is 52.4 Å². The van der Waals surface area contributed by atoms with Crippen LogP contribution in [0.25, 0.3) is 11.4 Å². The molecule has 8 nitrogen and oxygen atoms in total. The van der Waals surface area contributed by atoms with Crippen molar-refractivity contribution in [2.24, 2.45) is 20.0 Å². The molecule has 5 heterocycles. The molecule has 30 heavy (non-hydrogen) atoms. The van der Waals surface area contributed by atoms with Gasteiger partial charge in [-0.1, -0.05) is 0 Å². The number of hydrogen-bond donors (Lipinski definition) is 0. The van der Waals surface area contributed by atoms with Gasteiger partial charge in [-0.15, -0.1) is 0 Å². The number of piperidine rings is 1. The number of rotatable bonds is 2. The number of likely N-dealkylation sites (tertiary alicyclic amines) is 1. The molecule has 0 unspecified atom stereocenters. The maximum atomic E-state index is 13.2. The summed E-state index contributed by atoms with van der Waals surface area (Å²) in [6.45, 7) is 1.62. The largest absolute Gasteiger partial charge is 0.337 e. The zero-order valence-electron chi connectivity index (χ0n) is 17.0. The Bertz CT molecular complexity index is 1270. The Labute approximate surface area is 173 Å². The molecule has 5 rings (SSSR count). The number of fused-ring (bicyclic) bond motifs is 4. The summed E-state index contributed by atoms with van der Waals surface area (Å²) >= 11 is 0. The zero-order chi connectivity index (χ0) is 21.0. The van der Waals surface area contributed by atoms with Gasteiger partial charge >= 0.3 is 0 Å². The van der Waals surface area contributed by atoms with E-state index in [0.29, 0.717) is 31.0 Å². The minimum Gasteiger partial charge on any atom is -0.337 e. The molecule has 0 aromatic carbocycles. The van der Waals surface area contributed by atoms with Crippen molar-refractivity contribution in [2.75, 3.05) is 13.1 Å². The number of pyridine rings is 2. The molecule has 8 heteroatoms. The molecule has 1 saturated heterocycles. The van der Waals surface area contributed by atoms with E-state index >= 15 is 0 Å². The second-order valence-corrected chi connectivity index (χ2v) is 8.30. The first-order chi connectivity index (χ1) is 14.4. The summed E-state index contributed by atoms with van der Waals surface area (Å²) < 4.78 is 5.12. The molecule has 0 radical (unpaired) electrons. The van der Waals surface area contributed by atoms with Crippen molar-refractivity contribution < 1.29 is 4.79 Å². The predicted molar refractivity (Wildman–Crippen MR) is 111 cm³/mol. The Morgan fingerprint density at radius 2 is 1.83 bits per heavy atom. The van der Waals surface area contributed by atoms with E-state index in [9.17, 15) is 14.4 Å². The van der Waals surface area contributed by atoms with E-state index in [0.717, 1.165) is 12.1 Å². The lowest BCUT2D eigenvalue weighted by molar-refractivity contribution is 0.0592. The smallest absolute Gasteiger partial charge is 0.263 e. The molecule has 2 bridgehead atoms. The first-order valence-corrected chi connectivity index (χ1v) is 10.1. The van der Waals surface area contributed by atoms with Crippen LogP contribution >= 0.6 is 0 Å². The average molecular weight is 405 g/mol. The summed E-state index contributed by atoms with van der Waals surface area (Å²) in [4.78, 5) is 44.7. The minimum absolute atomic E-state index is 0.0341. The standard InChI is InChI=1S/C22H23N5O3/c1-24-9-7-23-19(24)16-5-6-18-15-10-14(12-27(18)22(16)30)11-26(13-15)21(29)17-4-3-8-25(2)20(17)28/h3-9,14-15H,10-13H2,1-2H3/t14-,15+/m0/s1. The van der Waals surface area contributed by atoms with Gasteiger partial charge in [-0.05, 0) is 36.6 Å². The van der Waals surface area contributed by atoms with Crippen LogP contribution in [0.5, 0.6) is 0 Å². The summed E-state index contributed by atoms with van der Waals surface area (Å²) in [5.74, 6) is 0.688. The van der Waals surface area contributed by atoms with Gasteiger partial charge in [0.1, 0.15) is 11.4 Å². The number of imidazole rings is 1. The third-order valence-electron chi connectivity index (χ3n) is 6.31. The topological polar surface area (TPSA) is 82.1 Å². The molecule has 3 aromatic rings. The monoisotopic (exact) mass is 405 g/mol. The van der Waals surface area contributed by atoms with Gasteiger partial charge < -0.3 is 18.6 Å². The highest BCUT2D eigenvalue weighted by molar-refractivity contribution is 5.94. The highest BCUT2D eigenvalue weighted by Gasteiger charge is 2.37. The number of nitrogens with zero attached hydrogens (tertiary/aromatic N) is 5. The van der Waals surface area contributed by atoms with Crippen molar-refractivity contribution in [2.45, 2.75) is 18.9 Å². The van der Waals surface area contributed by atoms with Gasteiger partial charge in [-0.2, -0.15) is 0 Å². The fourth-order valence-corrected chi connectivity index (χ4v) is 4.84. The normalized spacial score (nSPS) is 20.1. The first kappa shape index (κ1) is 18.6. The molecular formula is C22H23N5O3. The average Bonchev–Trinajstić information content (AvgIpc) is 3.16. The second-order valence-electron chi connectivity index (χ2n) is 8.30.